The third kappa shape index (κ3) is 3.90. The molecule has 0 unspecified atom stereocenters. The van der Waals surface area contributed by atoms with Crippen molar-refractivity contribution >= 4 is 12.1 Å². The Kier molecular flexibility index (Phi) is 4.78. The van der Waals surface area contributed by atoms with Gasteiger partial charge < -0.3 is 14.7 Å². The fraction of sp³-hybridized carbons (Fsp3) is 0.600. The number of amides is 1. The molecule has 0 radical (unpaired) electrons. The monoisotopic (exact) mass is 228 g/mol. The van der Waals surface area contributed by atoms with Crippen molar-refractivity contribution in [3.05, 3.63) is 12.2 Å². The predicted octanol–water partition coefficient (Wildman–Crippen LogP) is 0.0112. The Morgan fingerprint density at radius 1 is 1.31 bits per heavy atom. The molecule has 6 nitrogen and oxygen atoms in total. The van der Waals surface area contributed by atoms with Crippen molar-refractivity contribution in [3.8, 4) is 0 Å². The molecule has 1 aliphatic rings. The first-order chi connectivity index (χ1) is 7.63. The second kappa shape index (κ2) is 6.12. The van der Waals surface area contributed by atoms with Crippen LogP contribution in [0.4, 0.5) is 4.79 Å². The average Bonchev–Trinajstić information content (AvgIpc) is 2.29. The van der Waals surface area contributed by atoms with E-state index in [4.69, 9.17) is 5.11 Å². The van der Waals surface area contributed by atoms with E-state index >= 15 is 0 Å². The van der Waals surface area contributed by atoms with Gasteiger partial charge in [0.15, 0.2) is 0 Å². The molecule has 1 aliphatic heterocycles. The number of nitrogens with zero attached hydrogens (tertiary/aromatic N) is 2. The highest BCUT2D eigenvalue weighted by Gasteiger charge is 2.19. The number of rotatable bonds is 3. The van der Waals surface area contributed by atoms with Gasteiger partial charge in [0.1, 0.15) is 0 Å². The van der Waals surface area contributed by atoms with E-state index in [1.54, 1.807) is 6.08 Å². The van der Waals surface area contributed by atoms with Crippen LogP contribution >= 0.6 is 0 Å². The van der Waals surface area contributed by atoms with E-state index in [0.717, 1.165) is 0 Å². The van der Waals surface area contributed by atoms with Crippen LogP contribution in [0.15, 0.2) is 12.2 Å². The fourth-order valence-corrected chi connectivity index (χ4v) is 1.49. The quantitative estimate of drug-likeness (QED) is 0.544. The van der Waals surface area contributed by atoms with Gasteiger partial charge in [-0.3, -0.25) is 4.90 Å². The van der Waals surface area contributed by atoms with Crippen LogP contribution in [0.3, 0.4) is 0 Å². The molecule has 0 atom stereocenters. The molecular formula is C10H16N2O4. The van der Waals surface area contributed by atoms with Gasteiger partial charge in [-0.05, 0) is 0 Å². The van der Waals surface area contributed by atoms with Gasteiger partial charge in [-0.2, -0.15) is 0 Å². The van der Waals surface area contributed by atoms with Crippen LogP contribution in [0.2, 0.25) is 0 Å². The van der Waals surface area contributed by atoms with Crippen molar-refractivity contribution in [1.82, 2.24) is 9.80 Å². The number of carboxylic acid groups (broad SMARTS) is 1. The van der Waals surface area contributed by atoms with E-state index in [1.165, 1.54) is 18.1 Å². The van der Waals surface area contributed by atoms with E-state index in [2.05, 4.69) is 9.64 Å². The molecule has 1 heterocycles. The van der Waals surface area contributed by atoms with E-state index in [1.807, 2.05) is 0 Å². The molecule has 0 spiro atoms. The SMILES string of the molecule is COC(=O)C=CCN1CCN(C(=O)O)CC1. The first-order valence-corrected chi connectivity index (χ1v) is 5.08. The number of methoxy groups -OCH3 is 1. The Balaban J connectivity index is 2.24. The normalized spacial score (nSPS) is 17.7. The Labute approximate surface area is 94.1 Å². The van der Waals surface area contributed by atoms with Crippen LogP contribution < -0.4 is 0 Å². The summed E-state index contributed by atoms with van der Waals surface area (Å²) in [7, 11) is 1.33. The molecule has 0 aromatic carbocycles. The zero-order valence-electron chi connectivity index (χ0n) is 9.26. The topological polar surface area (TPSA) is 70.1 Å². The first-order valence-electron chi connectivity index (χ1n) is 5.08. The number of carbonyl (C=O) groups excluding carboxylic acids is 1. The molecule has 1 saturated heterocycles. The average molecular weight is 228 g/mol. The van der Waals surface area contributed by atoms with Gasteiger partial charge in [0.25, 0.3) is 0 Å². The lowest BCUT2D eigenvalue weighted by Gasteiger charge is -2.32. The summed E-state index contributed by atoms with van der Waals surface area (Å²) in [5.74, 6) is -0.371. The van der Waals surface area contributed by atoms with Gasteiger partial charge in [0.05, 0.1) is 7.11 Å². The molecule has 1 rings (SSSR count). The molecule has 0 aromatic rings. The summed E-state index contributed by atoms with van der Waals surface area (Å²) in [5.41, 5.74) is 0. The molecule has 0 bridgehead atoms. The maximum absolute atomic E-state index is 10.8. The summed E-state index contributed by atoms with van der Waals surface area (Å²) in [5, 5.41) is 8.74. The van der Waals surface area contributed by atoms with Crippen molar-refractivity contribution in [1.29, 1.82) is 0 Å². The zero-order valence-corrected chi connectivity index (χ0v) is 9.26. The molecule has 6 heteroatoms. The lowest BCUT2D eigenvalue weighted by molar-refractivity contribution is -0.134. The highest BCUT2D eigenvalue weighted by molar-refractivity contribution is 5.81. The van der Waals surface area contributed by atoms with Gasteiger partial charge in [0.2, 0.25) is 0 Å². The number of hydrogen-bond donors (Lipinski definition) is 1. The minimum atomic E-state index is -0.871. The summed E-state index contributed by atoms with van der Waals surface area (Å²) in [6, 6.07) is 0. The van der Waals surface area contributed by atoms with Crippen LogP contribution in [0.5, 0.6) is 0 Å². The first kappa shape index (κ1) is 12.5. The Hall–Kier alpha value is -1.56. The maximum Gasteiger partial charge on any atom is 0.407 e. The number of carbonyl (C=O) groups is 2. The smallest absolute Gasteiger partial charge is 0.407 e. The van der Waals surface area contributed by atoms with Crippen molar-refractivity contribution < 1.29 is 19.4 Å². The van der Waals surface area contributed by atoms with Crippen LogP contribution in [-0.4, -0.2) is 66.8 Å². The summed E-state index contributed by atoms with van der Waals surface area (Å²) in [6.45, 7) is 3.06. The van der Waals surface area contributed by atoms with Crippen molar-refractivity contribution in [2.24, 2.45) is 0 Å². The fourth-order valence-electron chi connectivity index (χ4n) is 1.49. The number of hydrogen-bond acceptors (Lipinski definition) is 4. The molecule has 1 fully saturated rings. The van der Waals surface area contributed by atoms with Gasteiger partial charge in [-0.25, -0.2) is 9.59 Å². The highest BCUT2D eigenvalue weighted by atomic mass is 16.5. The summed E-state index contributed by atoms with van der Waals surface area (Å²) < 4.78 is 4.46. The molecule has 0 aromatic heterocycles. The van der Waals surface area contributed by atoms with Crippen LogP contribution in [0.1, 0.15) is 0 Å². The van der Waals surface area contributed by atoms with E-state index in [0.29, 0.717) is 32.7 Å². The molecule has 0 aliphatic carbocycles. The van der Waals surface area contributed by atoms with E-state index in [9.17, 15) is 9.59 Å². The summed E-state index contributed by atoms with van der Waals surface area (Å²) in [4.78, 5) is 24.9. The predicted molar refractivity (Wildman–Crippen MR) is 57.2 cm³/mol. The van der Waals surface area contributed by atoms with Crippen molar-refractivity contribution in [2.45, 2.75) is 0 Å². The molecule has 16 heavy (non-hydrogen) atoms. The minimum Gasteiger partial charge on any atom is -0.466 e. The second-order valence-electron chi connectivity index (χ2n) is 3.50. The summed E-state index contributed by atoms with van der Waals surface area (Å²) in [6.07, 6.45) is 2.23. The number of ether oxygens (including phenoxy) is 1. The Morgan fingerprint density at radius 3 is 2.44 bits per heavy atom. The molecule has 90 valence electrons. The maximum atomic E-state index is 10.8. The Bertz CT molecular complexity index is 283. The van der Waals surface area contributed by atoms with Crippen molar-refractivity contribution in [3.63, 3.8) is 0 Å². The molecule has 1 amide bonds. The van der Waals surface area contributed by atoms with Gasteiger partial charge in [0, 0.05) is 38.8 Å². The van der Waals surface area contributed by atoms with Crippen LogP contribution in [-0.2, 0) is 9.53 Å². The lowest BCUT2D eigenvalue weighted by Crippen LogP contribution is -2.48. The third-order valence-electron chi connectivity index (χ3n) is 2.46. The summed E-state index contributed by atoms with van der Waals surface area (Å²) >= 11 is 0. The minimum absolute atomic E-state index is 0.371. The van der Waals surface area contributed by atoms with Crippen LogP contribution in [0.25, 0.3) is 0 Å². The van der Waals surface area contributed by atoms with Gasteiger partial charge in [-0.1, -0.05) is 6.08 Å². The second-order valence-corrected chi connectivity index (χ2v) is 3.50. The highest BCUT2D eigenvalue weighted by Crippen LogP contribution is 2.01. The third-order valence-corrected chi connectivity index (χ3v) is 2.46. The van der Waals surface area contributed by atoms with E-state index in [-0.39, 0.29) is 5.97 Å². The number of piperazine rings is 1. The van der Waals surface area contributed by atoms with Crippen LogP contribution in [0, 0.1) is 0 Å². The van der Waals surface area contributed by atoms with Gasteiger partial charge >= 0.3 is 12.1 Å². The zero-order chi connectivity index (χ0) is 12.0. The molecular weight excluding hydrogens is 212 g/mol. The molecule has 0 saturated carbocycles. The van der Waals surface area contributed by atoms with Gasteiger partial charge in [-0.15, -0.1) is 0 Å². The standard InChI is InChI=1S/C10H16N2O4/c1-16-9(13)3-2-4-11-5-7-12(8-6-11)10(14)15/h2-3H,4-8H2,1H3,(H,14,15). The lowest BCUT2D eigenvalue weighted by atomic mass is 10.3. The Morgan fingerprint density at radius 2 is 1.94 bits per heavy atom. The van der Waals surface area contributed by atoms with Crippen molar-refractivity contribution in [2.75, 3.05) is 39.8 Å². The van der Waals surface area contributed by atoms with E-state index < -0.39 is 6.09 Å². The number of esters is 1. The molecule has 1 N–H and O–H groups in total. The largest absolute Gasteiger partial charge is 0.466 e.